The molecule has 2 saturated heterocycles. The van der Waals surface area contributed by atoms with Crippen molar-refractivity contribution in [1.29, 1.82) is 0 Å². The molecule has 20 heavy (non-hydrogen) atoms. The molecule has 0 spiro atoms. The van der Waals surface area contributed by atoms with Crippen molar-refractivity contribution in [3.05, 3.63) is 0 Å². The van der Waals surface area contributed by atoms with Crippen LogP contribution in [0.3, 0.4) is 0 Å². The van der Waals surface area contributed by atoms with Gasteiger partial charge in [-0.15, -0.1) is 0 Å². The van der Waals surface area contributed by atoms with Gasteiger partial charge in [-0.3, -0.25) is 9.59 Å². The predicted octanol–water partition coefficient (Wildman–Crippen LogP) is -0.404. The van der Waals surface area contributed by atoms with Crippen LogP contribution < -0.4 is 0 Å². The van der Waals surface area contributed by atoms with Gasteiger partial charge in [-0.1, -0.05) is 0 Å². The van der Waals surface area contributed by atoms with Gasteiger partial charge in [0.15, 0.2) is 6.10 Å². The van der Waals surface area contributed by atoms with Crippen molar-refractivity contribution in [2.75, 3.05) is 26.8 Å². The van der Waals surface area contributed by atoms with E-state index in [-0.39, 0.29) is 26.3 Å². The van der Waals surface area contributed by atoms with Gasteiger partial charge in [0.2, 0.25) is 0 Å². The lowest BCUT2D eigenvalue weighted by atomic mass is 10.0. The molecular formula is C12H18O8. The van der Waals surface area contributed by atoms with E-state index in [4.69, 9.17) is 28.4 Å². The first-order valence-corrected chi connectivity index (χ1v) is 6.31. The lowest BCUT2D eigenvalue weighted by molar-refractivity contribution is -0.315. The number of ether oxygens (including phenoxy) is 6. The number of carbonyl (C=O) groups excluding carboxylic acids is 2. The third-order valence-corrected chi connectivity index (χ3v) is 2.99. The van der Waals surface area contributed by atoms with Gasteiger partial charge in [-0.2, -0.15) is 0 Å². The maximum Gasteiger partial charge on any atom is 0.303 e. The molecule has 0 bridgehead atoms. The number of rotatable bonds is 4. The number of esters is 2. The Morgan fingerprint density at radius 2 is 1.95 bits per heavy atom. The molecule has 0 aliphatic carbocycles. The van der Waals surface area contributed by atoms with Crippen LogP contribution in [0.2, 0.25) is 0 Å². The first kappa shape index (κ1) is 15.2. The molecule has 0 radical (unpaired) electrons. The molecular weight excluding hydrogens is 272 g/mol. The third kappa shape index (κ3) is 3.89. The van der Waals surface area contributed by atoms with Crippen LogP contribution >= 0.6 is 0 Å². The van der Waals surface area contributed by atoms with E-state index in [2.05, 4.69) is 0 Å². The van der Waals surface area contributed by atoms with Gasteiger partial charge in [-0.05, 0) is 0 Å². The van der Waals surface area contributed by atoms with Gasteiger partial charge in [-0.25, -0.2) is 0 Å². The summed E-state index contributed by atoms with van der Waals surface area (Å²) in [6.45, 7) is 3.00. The van der Waals surface area contributed by atoms with Gasteiger partial charge < -0.3 is 28.4 Å². The summed E-state index contributed by atoms with van der Waals surface area (Å²) in [5.41, 5.74) is 0. The summed E-state index contributed by atoms with van der Waals surface area (Å²) in [5.74, 6) is -0.945. The zero-order valence-corrected chi connectivity index (χ0v) is 11.4. The SMILES string of the molecule is CC(=O)OC[C@H](OC(C)=O)[C@@H]1OCO[C@@H]2COCO[C@H]12. The highest BCUT2D eigenvalue weighted by molar-refractivity contribution is 5.67. The van der Waals surface area contributed by atoms with E-state index in [1.807, 2.05) is 0 Å². The van der Waals surface area contributed by atoms with E-state index in [1.54, 1.807) is 0 Å². The highest BCUT2D eigenvalue weighted by atomic mass is 16.8. The molecule has 2 rings (SSSR count). The Kier molecular flexibility index (Phi) is 5.30. The molecule has 2 aliphatic rings. The number of hydrogen-bond donors (Lipinski definition) is 0. The Balaban J connectivity index is 2.04. The van der Waals surface area contributed by atoms with Gasteiger partial charge in [0.05, 0.1) is 6.61 Å². The summed E-state index contributed by atoms with van der Waals surface area (Å²) in [4.78, 5) is 22.1. The van der Waals surface area contributed by atoms with Crippen LogP contribution in [0, 0.1) is 0 Å². The summed E-state index contributed by atoms with van der Waals surface area (Å²) in [6, 6.07) is 0. The van der Waals surface area contributed by atoms with Crippen molar-refractivity contribution in [2.45, 2.75) is 38.3 Å². The highest BCUT2D eigenvalue weighted by Crippen LogP contribution is 2.25. The molecule has 0 aromatic carbocycles. The third-order valence-electron chi connectivity index (χ3n) is 2.99. The van der Waals surface area contributed by atoms with Crippen molar-refractivity contribution in [3.8, 4) is 0 Å². The second kappa shape index (κ2) is 6.98. The summed E-state index contributed by atoms with van der Waals surface area (Å²) in [6.07, 6.45) is -2.04. The standard InChI is InChI=1S/C12H18O8/c1-7(13)16-4-10(20-8(2)14)12-11-9(17-6-19-12)3-15-5-18-11/h9-12H,3-6H2,1-2H3/t9-,10+,11+,12+/m1/s1. The molecule has 114 valence electrons. The van der Waals surface area contributed by atoms with E-state index in [0.717, 1.165) is 0 Å². The fourth-order valence-electron chi connectivity index (χ4n) is 2.17. The van der Waals surface area contributed by atoms with Crippen molar-refractivity contribution in [3.63, 3.8) is 0 Å². The Morgan fingerprint density at radius 3 is 2.65 bits per heavy atom. The molecule has 0 aromatic rings. The molecule has 0 saturated carbocycles. The van der Waals surface area contributed by atoms with Crippen LogP contribution in [0.4, 0.5) is 0 Å². The number of fused-ring (bicyclic) bond motifs is 1. The topological polar surface area (TPSA) is 89.5 Å². The Hall–Kier alpha value is -1.22. The van der Waals surface area contributed by atoms with Crippen LogP contribution in [-0.2, 0) is 38.0 Å². The second-order valence-corrected chi connectivity index (χ2v) is 4.52. The zero-order chi connectivity index (χ0) is 14.5. The molecule has 2 heterocycles. The van der Waals surface area contributed by atoms with Gasteiger partial charge in [0, 0.05) is 13.8 Å². The maximum atomic E-state index is 11.2. The summed E-state index contributed by atoms with van der Waals surface area (Å²) < 4.78 is 31.5. The largest absolute Gasteiger partial charge is 0.462 e. The Bertz CT molecular complexity index is 355. The second-order valence-electron chi connectivity index (χ2n) is 4.52. The number of carbonyl (C=O) groups is 2. The van der Waals surface area contributed by atoms with E-state index >= 15 is 0 Å². The van der Waals surface area contributed by atoms with Gasteiger partial charge >= 0.3 is 11.9 Å². The molecule has 2 aliphatic heterocycles. The van der Waals surface area contributed by atoms with E-state index in [9.17, 15) is 9.59 Å². The minimum Gasteiger partial charge on any atom is -0.462 e. The van der Waals surface area contributed by atoms with E-state index in [0.29, 0.717) is 6.61 Å². The fourth-order valence-corrected chi connectivity index (χ4v) is 2.17. The lowest BCUT2D eigenvalue weighted by Crippen LogP contribution is -2.58. The van der Waals surface area contributed by atoms with Gasteiger partial charge in [0.25, 0.3) is 0 Å². The van der Waals surface area contributed by atoms with Gasteiger partial charge in [0.1, 0.15) is 38.5 Å². The lowest BCUT2D eigenvalue weighted by Gasteiger charge is -2.42. The summed E-state index contributed by atoms with van der Waals surface area (Å²) >= 11 is 0. The zero-order valence-electron chi connectivity index (χ0n) is 11.4. The molecule has 0 amide bonds. The normalized spacial score (nSPS) is 31.0. The minimum absolute atomic E-state index is 0.0381. The first-order chi connectivity index (χ1) is 9.58. The van der Waals surface area contributed by atoms with Crippen LogP contribution in [0.5, 0.6) is 0 Å². The van der Waals surface area contributed by atoms with Crippen LogP contribution in [0.25, 0.3) is 0 Å². The molecule has 8 heteroatoms. The minimum atomic E-state index is -0.745. The highest BCUT2D eigenvalue weighted by Gasteiger charge is 2.44. The molecule has 4 atom stereocenters. The Labute approximate surface area is 116 Å². The number of hydrogen-bond acceptors (Lipinski definition) is 8. The van der Waals surface area contributed by atoms with Crippen molar-refractivity contribution in [1.82, 2.24) is 0 Å². The molecule has 2 fully saturated rings. The first-order valence-electron chi connectivity index (χ1n) is 6.31. The quantitative estimate of drug-likeness (QED) is 0.646. The monoisotopic (exact) mass is 290 g/mol. The molecule has 8 nitrogen and oxygen atoms in total. The maximum absolute atomic E-state index is 11.2. The fraction of sp³-hybridized carbons (Fsp3) is 0.833. The Morgan fingerprint density at radius 1 is 1.15 bits per heavy atom. The smallest absolute Gasteiger partial charge is 0.303 e. The van der Waals surface area contributed by atoms with Crippen LogP contribution in [0.15, 0.2) is 0 Å². The van der Waals surface area contributed by atoms with Crippen molar-refractivity contribution < 1.29 is 38.0 Å². The van der Waals surface area contributed by atoms with Crippen molar-refractivity contribution in [2.24, 2.45) is 0 Å². The average Bonchev–Trinajstić information content (AvgIpc) is 2.42. The van der Waals surface area contributed by atoms with Crippen LogP contribution in [-0.4, -0.2) is 63.2 Å². The molecule has 0 aromatic heterocycles. The summed E-state index contributed by atoms with van der Waals surface area (Å²) in [5, 5.41) is 0. The van der Waals surface area contributed by atoms with Crippen molar-refractivity contribution >= 4 is 11.9 Å². The van der Waals surface area contributed by atoms with E-state index < -0.39 is 30.3 Å². The van der Waals surface area contributed by atoms with Crippen LogP contribution in [0.1, 0.15) is 13.8 Å². The van der Waals surface area contributed by atoms with E-state index in [1.165, 1.54) is 13.8 Å². The average molecular weight is 290 g/mol. The predicted molar refractivity (Wildman–Crippen MR) is 62.5 cm³/mol. The molecule has 0 unspecified atom stereocenters. The summed E-state index contributed by atoms with van der Waals surface area (Å²) in [7, 11) is 0. The molecule has 0 N–H and O–H groups in total.